The molecule has 26 heavy (non-hydrogen) atoms. The molecular weight excluding hydrogens is 328 g/mol. The molecule has 1 aromatic carbocycles. The van der Waals surface area contributed by atoms with Crippen molar-refractivity contribution in [2.24, 2.45) is 0 Å². The van der Waals surface area contributed by atoms with Gasteiger partial charge in [-0.1, -0.05) is 18.2 Å². The van der Waals surface area contributed by atoms with E-state index >= 15 is 0 Å². The molecule has 6 heteroatoms. The van der Waals surface area contributed by atoms with E-state index in [9.17, 15) is 4.79 Å². The molecule has 0 spiro atoms. The molecule has 2 N–H and O–H groups in total. The summed E-state index contributed by atoms with van der Waals surface area (Å²) in [5.74, 6) is 1.50. The van der Waals surface area contributed by atoms with Gasteiger partial charge in [0.15, 0.2) is 0 Å². The fourth-order valence-electron chi connectivity index (χ4n) is 3.45. The van der Waals surface area contributed by atoms with E-state index in [2.05, 4.69) is 20.3 Å². The molecule has 1 amide bonds. The Labute approximate surface area is 151 Å². The molecule has 132 valence electrons. The Morgan fingerprint density at radius 1 is 1.23 bits per heavy atom. The van der Waals surface area contributed by atoms with Crippen LogP contribution >= 0.6 is 0 Å². The lowest BCUT2D eigenvalue weighted by Crippen LogP contribution is -2.26. The van der Waals surface area contributed by atoms with Crippen molar-refractivity contribution in [1.29, 1.82) is 0 Å². The van der Waals surface area contributed by atoms with Crippen LogP contribution in [0.3, 0.4) is 0 Å². The number of hydrogen-bond acceptors (Lipinski definition) is 4. The minimum absolute atomic E-state index is 0.114. The van der Waals surface area contributed by atoms with E-state index in [1.807, 2.05) is 37.3 Å². The number of amides is 1. The number of hydrogen-bond donors (Lipinski definition) is 2. The molecule has 0 aliphatic carbocycles. The Morgan fingerprint density at radius 3 is 2.88 bits per heavy atom. The van der Waals surface area contributed by atoms with Crippen LogP contribution in [0.25, 0.3) is 11.4 Å². The van der Waals surface area contributed by atoms with Crippen LogP contribution in [0.4, 0.5) is 0 Å². The second-order valence-corrected chi connectivity index (χ2v) is 6.46. The molecule has 1 aliphatic rings. The van der Waals surface area contributed by atoms with E-state index in [1.54, 1.807) is 19.5 Å². The molecule has 0 unspecified atom stereocenters. The van der Waals surface area contributed by atoms with Crippen LogP contribution in [-0.4, -0.2) is 34.5 Å². The van der Waals surface area contributed by atoms with Crippen molar-refractivity contribution in [1.82, 2.24) is 20.3 Å². The lowest BCUT2D eigenvalue weighted by molar-refractivity contribution is 0.0950. The minimum Gasteiger partial charge on any atom is -0.496 e. The molecular formula is C20H20N4O2. The van der Waals surface area contributed by atoms with Crippen molar-refractivity contribution in [3.05, 3.63) is 65.2 Å². The van der Waals surface area contributed by atoms with Gasteiger partial charge in [-0.2, -0.15) is 0 Å². The van der Waals surface area contributed by atoms with E-state index < -0.39 is 0 Å². The zero-order valence-electron chi connectivity index (χ0n) is 14.7. The Hall–Kier alpha value is -3.15. The summed E-state index contributed by atoms with van der Waals surface area (Å²) >= 11 is 0. The lowest BCUT2D eigenvalue weighted by atomic mass is 9.93. The van der Waals surface area contributed by atoms with Crippen LogP contribution < -0.4 is 10.1 Å². The average Bonchev–Trinajstić information content (AvgIpc) is 3.02. The van der Waals surface area contributed by atoms with Gasteiger partial charge in [-0.25, -0.2) is 4.98 Å². The number of H-pyrrole nitrogens is 1. The minimum atomic E-state index is -0.147. The summed E-state index contributed by atoms with van der Waals surface area (Å²) in [4.78, 5) is 24.6. The summed E-state index contributed by atoms with van der Waals surface area (Å²) in [5.41, 5.74) is 4.36. The highest BCUT2D eigenvalue weighted by Crippen LogP contribution is 2.32. The molecule has 2 aromatic heterocycles. The average molecular weight is 348 g/mol. The number of rotatable bonds is 3. The topological polar surface area (TPSA) is 79.9 Å². The van der Waals surface area contributed by atoms with Gasteiger partial charge in [-0.15, -0.1) is 0 Å². The molecule has 0 radical (unpaired) electrons. The highest BCUT2D eigenvalue weighted by molar-refractivity contribution is 5.94. The maximum atomic E-state index is 12.5. The maximum Gasteiger partial charge on any atom is 0.271 e. The quantitative estimate of drug-likeness (QED) is 0.763. The van der Waals surface area contributed by atoms with Crippen LogP contribution in [0.5, 0.6) is 5.75 Å². The first kappa shape index (κ1) is 16.3. The summed E-state index contributed by atoms with van der Waals surface area (Å²) in [6.07, 6.45) is 4.21. The van der Waals surface area contributed by atoms with Crippen molar-refractivity contribution in [3.8, 4) is 17.1 Å². The summed E-state index contributed by atoms with van der Waals surface area (Å²) in [6.45, 7) is 2.53. The van der Waals surface area contributed by atoms with E-state index in [1.165, 1.54) is 0 Å². The van der Waals surface area contributed by atoms with E-state index in [0.717, 1.165) is 28.1 Å². The Morgan fingerprint density at radius 2 is 2.08 bits per heavy atom. The SMILES string of the molecule is COc1ccccc1[C@H]1CNC(=O)c2nc(-c3ccncc3C)[nH]c2C1. The third kappa shape index (κ3) is 2.83. The van der Waals surface area contributed by atoms with Gasteiger partial charge in [0.1, 0.15) is 17.3 Å². The number of para-hydroxylation sites is 1. The van der Waals surface area contributed by atoms with Crippen molar-refractivity contribution >= 4 is 5.91 Å². The first-order valence-corrected chi connectivity index (χ1v) is 8.58. The molecule has 0 saturated heterocycles. The van der Waals surface area contributed by atoms with E-state index in [-0.39, 0.29) is 11.8 Å². The van der Waals surface area contributed by atoms with Gasteiger partial charge in [0.05, 0.1) is 7.11 Å². The predicted octanol–water partition coefficient (Wildman–Crippen LogP) is 2.86. The highest BCUT2D eigenvalue weighted by Gasteiger charge is 2.28. The number of ether oxygens (including phenoxy) is 1. The predicted molar refractivity (Wildman–Crippen MR) is 98.3 cm³/mol. The first-order chi connectivity index (χ1) is 12.7. The molecule has 6 nitrogen and oxygen atoms in total. The van der Waals surface area contributed by atoms with E-state index in [0.29, 0.717) is 24.5 Å². The third-order valence-corrected chi connectivity index (χ3v) is 4.81. The lowest BCUT2D eigenvalue weighted by Gasteiger charge is -2.17. The van der Waals surface area contributed by atoms with Crippen molar-refractivity contribution in [3.63, 3.8) is 0 Å². The van der Waals surface area contributed by atoms with Crippen molar-refractivity contribution in [2.75, 3.05) is 13.7 Å². The standard InChI is InChI=1S/C20H20N4O2/c1-12-10-21-8-7-14(12)19-23-16-9-13(11-22-20(25)18(16)24-19)15-5-3-4-6-17(15)26-2/h3-8,10,13H,9,11H2,1-2H3,(H,22,25)(H,23,24)/t13-/m1/s1. The number of benzene rings is 1. The molecule has 3 aromatic rings. The number of imidazole rings is 1. The van der Waals surface area contributed by atoms with Gasteiger partial charge in [-0.05, 0) is 36.6 Å². The molecule has 1 atom stereocenters. The van der Waals surface area contributed by atoms with Crippen molar-refractivity contribution < 1.29 is 9.53 Å². The first-order valence-electron chi connectivity index (χ1n) is 8.58. The normalized spacial score (nSPS) is 16.5. The van der Waals surface area contributed by atoms with Gasteiger partial charge in [-0.3, -0.25) is 9.78 Å². The van der Waals surface area contributed by atoms with Gasteiger partial charge >= 0.3 is 0 Å². The van der Waals surface area contributed by atoms with Gasteiger partial charge in [0.25, 0.3) is 5.91 Å². The zero-order chi connectivity index (χ0) is 18.1. The number of carbonyl (C=O) groups is 1. The number of aryl methyl sites for hydroxylation is 1. The maximum absolute atomic E-state index is 12.5. The second kappa shape index (κ2) is 6.63. The number of carbonyl (C=O) groups excluding carboxylic acids is 1. The van der Waals surface area contributed by atoms with Crippen molar-refractivity contribution in [2.45, 2.75) is 19.3 Å². The van der Waals surface area contributed by atoms with Crippen LogP contribution in [-0.2, 0) is 6.42 Å². The molecule has 0 fully saturated rings. The summed E-state index contributed by atoms with van der Waals surface area (Å²) in [5, 5.41) is 2.99. The largest absolute Gasteiger partial charge is 0.496 e. The van der Waals surface area contributed by atoms with Crippen LogP contribution in [0, 0.1) is 6.92 Å². The van der Waals surface area contributed by atoms with Gasteiger partial charge in [0, 0.05) is 36.1 Å². The Kier molecular flexibility index (Phi) is 4.16. The molecule has 0 saturated carbocycles. The molecule has 4 rings (SSSR count). The number of pyridine rings is 1. The Balaban J connectivity index is 1.74. The number of fused-ring (bicyclic) bond motifs is 1. The number of nitrogens with zero attached hydrogens (tertiary/aromatic N) is 2. The summed E-state index contributed by atoms with van der Waals surface area (Å²) in [7, 11) is 1.67. The fourth-order valence-corrected chi connectivity index (χ4v) is 3.45. The monoisotopic (exact) mass is 348 g/mol. The van der Waals surface area contributed by atoms with Gasteiger partial charge in [0.2, 0.25) is 0 Å². The Bertz CT molecular complexity index is 964. The van der Waals surface area contributed by atoms with Crippen LogP contribution in [0.1, 0.15) is 33.2 Å². The van der Waals surface area contributed by atoms with Crippen LogP contribution in [0.15, 0.2) is 42.7 Å². The smallest absolute Gasteiger partial charge is 0.271 e. The third-order valence-electron chi connectivity index (χ3n) is 4.81. The number of aromatic nitrogens is 3. The molecule has 0 bridgehead atoms. The van der Waals surface area contributed by atoms with Crippen LogP contribution in [0.2, 0.25) is 0 Å². The summed E-state index contributed by atoms with van der Waals surface area (Å²) < 4.78 is 5.50. The summed E-state index contributed by atoms with van der Waals surface area (Å²) in [6, 6.07) is 9.84. The molecule has 3 heterocycles. The van der Waals surface area contributed by atoms with Gasteiger partial charge < -0.3 is 15.0 Å². The highest BCUT2D eigenvalue weighted by atomic mass is 16.5. The number of methoxy groups -OCH3 is 1. The van der Waals surface area contributed by atoms with E-state index in [4.69, 9.17) is 4.74 Å². The fraction of sp³-hybridized carbons (Fsp3) is 0.250. The number of nitrogens with one attached hydrogen (secondary N) is 2. The molecule has 1 aliphatic heterocycles. The zero-order valence-corrected chi connectivity index (χ0v) is 14.7. The second-order valence-electron chi connectivity index (χ2n) is 6.46. The number of aromatic amines is 1.